The van der Waals surface area contributed by atoms with Gasteiger partial charge in [-0.15, -0.1) is 0 Å². The van der Waals surface area contributed by atoms with Crippen LogP contribution < -0.4 is 15.0 Å². The van der Waals surface area contributed by atoms with Gasteiger partial charge in [-0.2, -0.15) is 5.10 Å². The smallest absolute Gasteiger partial charge is 0.253 e. The number of aryl methyl sites for hydroxylation is 2. The fourth-order valence-electron chi connectivity index (χ4n) is 8.51. The average molecular weight is 807 g/mol. The van der Waals surface area contributed by atoms with Crippen LogP contribution in [0.1, 0.15) is 53.2 Å². The number of likely N-dealkylation sites (tertiary alicyclic amines) is 2. The molecule has 3 aromatic heterocycles. The third-order valence-corrected chi connectivity index (χ3v) is 12.0. The van der Waals surface area contributed by atoms with Crippen molar-refractivity contribution < 1.29 is 23.9 Å². The van der Waals surface area contributed by atoms with E-state index in [9.17, 15) is 19.2 Å². The Morgan fingerprint density at radius 2 is 1.76 bits per heavy atom. The highest BCUT2D eigenvalue weighted by Gasteiger charge is 2.53. The van der Waals surface area contributed by atoms with E-state index in [1.807, 2.05) is 54.2 Å². The van der Waals surface area contributed by atoms with Gasteiger partial charge in [0.1, 0.15) is 17.1 Å². The van der Waals surface area contributed by atoms with Crippen molar-refractivity contribution in [2.45, 2.75) is 38.5 Å². The molecule has 2 N–H and O–H groups in total. The number of hydrogen-bond acceptors (Lipinski definition) is 9. The number of aromatic amines is 1. The molecule has 4 amide bonds. The van der Waals surface area contributed by atoms with Crippen LogP contribution in [0.3, 0.4) is 0 Å². The minimum absolute atomic E-state index is 0.0540. The summed E-state index contributed by atoms with van der Waals surface area (Å²) in [4.78, 5) is 69.0. The summed E-state index contributed by atoms with van der Waals surface area (Å²) in [6, 6.07) is 15.2. The predicted molar refractivity (Wildman–Crippen MR) is 206 cm³/mol. The standard InChI is InChI=1S/C40H40BrN9O5/c1-23-30(18-47(2)46-23)36-44-34-35(31(41)16-42-37(34)45-36)55-28-9-5-26(6-10-28)39(54)48-14-13-24(17-48)15-33(52)50-21-40(22-50)19-49(20-40)27-7-3-25(4-8-27)29-11-12-32(51)43-38(29)53/h3-10,16,18,24,29H,11-15,17,19-22H2,1-2H3,(H,42,44,45)(H,43,51,53)/t24-,29+/m1/s1. The van der Waals surface area contributed by atoms with Gasteiger partial charge in [0.05, 0.1) is 21.6 Å². The molecule has 9 rings (SSSR count). The molecule has 4 aliphatic heterocycles. The number of carbonyl (C=O) groups excluding carboxylic acids is 4. The number of H-pyrrole nitrogens is 1. The average Bonchev–Trinajstić information content (AvgIpc) is 3.87. The highest BCUT2D eigenvalue weighted by molar-refractivity contribution is 9.10. The Hall–Kier alpha value is -5.57. The van der Waals surface area contributed by atoms with Crippen LogP contribution in [-0.4, -0.2) is 97.4 Å². The molecule has 0 saturated carbocycles. The number of carbonyl (C=O) groups is 4. The van der Waals surface area contributed by atoms with E-state index in [0.717, 1.165) is 55.1 Å². The van der Waals surface area contributed by atoms with Crippen LogP contribution in [0.5, 0.6) is 11.5 Å². The van der Waals surface area contributed by atoms with Crippen LogP contribution in [0.4, 0.5) is 5.69 Å². The van der Waals surface area contributed by atoms with Crippen LogP contribution in [0.2, 0.25) is 0 Å². The van der Waals surface area contributed by atoms with Gasteiger partial charge in [0.25, 0.3) is 5.91 Å². The Labute approximate surface area is 325 Å². The normalized spacial score (nSPS) is 20.5. The summed E-state index contributed by atoms with van der Waals surface area (Å²) in [5.41, 5.74) is 5.62. The third-order valence-electron chi connectivity index (χ3n) is 11.4. The minimum atomic E-state index is -0.285. The monoisotopic (exact) mass is 805 g/mol. The zero-order chi connectivity index (χ0) is 38.0. The highest BCUT2D eigenvalue weighted by Crippen LogP contribution is 2.43. The zero-order valence-corrected chi connectivity index (χ0v) is 32.1. The summed E-state index contributed by atoms with van der Waals surface area (Å²) in [6.45, 7) is 6.41. The Bertz CT molecular complexity index is 2340. The maximum absolute atomic E-state index is 13.5. The van der Waals surface area contributed by atoms with Gasteiger partial charge in [-0.1, -0.05) is 12.1 Å². The van der Waals surface area contributed by atoms with Crippen molar-refractivity contribution in [2.75, 3.05) is 44.2 Å². The van der Waals surface area contributed by atoms with Crippen LogP contribution >= 0.6 is 15.9 Å². The number of amides is 4. The molecule has 2 aromatic carbocycles. The first-order valence-electron chi connectivity index (χ1n) is 18.6. The van der Waals surface area contributed by atoms with Crippen LogP contribution in [0, 0.1) is 18.3 Å². The summed E-state index contributed by atoms with van der Waals surface area (Å²) >= 11 is 3.56. The first kappa shape index (κ1) is 35.2. The van der Waals surface area contributed by atoms with E-state index >= 15 is 0 Å². The zero-order valence-electron chi connectivity index (χ0n) is 30.5. The second kappa shape index (κ2) is 13.6. The number of hydrogen-bond donors (Lipinski definition) is 2. The molecule has 14 nitrogen and oxygen atoms in total. The first-order chi connectivity index (χ1) is 26.5. The molecule has 0 bridgehead atoms. The summed E-state index contributed by atoms with van der Waals surface area (Å²) in [5, 5.41) is 6.85. The number of halogens is 1. The number of imide groups is 1. The van der Waals surface area contributed by atoms with Crippen molar-refractivity contribution >= 4 is 56.4 Å². The topological polar surface area (TPSA) is 159 Å². The molecule has 7 heterocycles. The van der Waals surface area contributed by atoms with Crippen molar-refractivity contribution in [3.8, 4) is 22.9 Å². The third kappa shape index (κ3) is 6.64. The molecule has 0 radical (unpaired) electrons. The number of aromatic nitrogens is 5. The van der Waals surface area contributed by atoms with Crippen molar-refractivity contribution in [1.29, 1.82) is 0 Å². The van der Waals surface area contributed by atoms with Crippen LogP contribution in [-0.2, 0) is 21.4 Å². The molecule has 282 valence electrons. The Morgan fingerprint density at radius 1 is 1.00 bits per heavy atom. The lowest BCUT2D eigenvalue weighted by Gasteiger charge is -2.61. The summed E-state index contributed by atoms with van der Waals surface area (Å²) in [5.74, 6) is 1.28. The molecular formula is C40H40BrN9O5. The lowest BCUT2D eigenvalue weighted by Crippen LogP contribution is -2.73. The van der Waals surface area contributed by atoms with Gasteiger partial charge in [-0.3, -0.25) is 29.2 Å². The van der Waals surface area contributed by atoms with E-state index in [4.69, 9.17) is 4.74 Å². The summed E-state index contributed by atoms with van der Waals surface area (Å²) in [7, 11) is 1.87. The number of nitrogens with one attached hydrogen (secondary N) is 2. The van der Waals surface area contributed by atoms with Gasteiger partial charge in [-0.05, 0) is 83.6 Å². The molecule has 0 aliphatic carbocycles. The second-order valence-corrected chi connectivity index (χ2v) is 16.3. The number of rotatable bonds is 8. The fourth-order valence-corrected chi connectivity index (χ4v) is 8.89. The van der Waals surface area contributed by atoms with Crippen molar-refractivity contribution in [1.82, 2.24) is 39.8 Å². The molecule has 5 aromatic rings. The van der Waals surface area contributed by atoms with Crippen molar-refractivity contribution in [3.05, 3.63) is 82.2 Å². The van der Waals surface area contributed by atoms with Crippen molar-refractivity contribution in [2.24, 2.45) is 18.4 Å². The SMILES string of the molecule is Cc1nn(C)cc1-c1nc2ncc(Br)c(Oc3ccc(C(=O)N4CC[C@H](CC(=O)N5CC6(C5)CN(c5ccc([C@@H]7CCC(=O)NC7=O)cc5)C6)C4)cc3)c2[nH]1. The number of imidazole rings is 1. The van der Waals surface area contributed by atoms with E-state index in [1.54, 1.807) is 35.1 Å². The van der Waals surface area contributed by atoms with E-state index in [0.29, 0.717) is 70.9 Å². The maximum Gasteiger partial charge on any atom is 0.253 e. The van der Waals surface area contributed by atoms with Gasteiger partial charge in [0, 0.05) is 88.2 Å². The molecule has 2 atom stereocenters. The Kier molecular flexibility index (Phi) is 8.71. The number of fused-ring (bicyclic) bond motifs is 1. The summed E-state index contributed by atoms with van der Waals surface area (Å²) in [6.07, 6.45) is 5.71. The number of anilines is 1. The molecule has 1 spiro atoms. The lowest BCUT2D eigenvalue weighted by atomic mass is 9.72. The Balaban J connectivity index is 0.749. The number of ether oxygens (including phenoxy) is 1. The van der Waals surface area contributed by atoms with Gasteiger partial charge in [0.2, 0.25) is 17.7 Å². The quantitative estimate of drug-likeness (QED) is 0.207. The van der Waals surface area contributed by atoms with Crippen molar-refractivity contribution in [3.63, 3.8) is 0 Å². The maximum atomic E-state index is 13.5. The number of pyridine rings is 1. The molecule has 4 saturated heterocycles. The molecule has 4 aliphatic rings. The van der Waals surface area contributed by atoms with Gasteiger partial charge < -0.3 is 24.4 Å². The van der Waals surface area contributed by atoms with E-state index in [1.165, 1.54) is 0 Å². The lowest BCUT2D eigenvalue weighted by molar-refractivity contribution is -0.146. The van der Waals surface area contributed by atoms with Crippen LogP contribution in [0.25, 0.3) is 22.6 Å². The van der Waals surface area contributed by atoms with E-state index in [2.05, 4.69) is 46.2 Å². The first-order valence-corrected chi connectivity index (χ1v) is 19.4. The minimum Gasteiger partial charge on any atom is -0.454 e. The molecular weight excluding hydrogens is 766 g/mol. The van der Waals surface area contributed by atoms with Gasteiger partial charge in [-0.25, -0.2) is 9.97 Å². The van der Waals surface area contributed by atoms with Gasteiger partial charge >= 0.3 is 0 Å². The number of nitrogens with zero attached hydrogens (tertiary/aromatic N) is 7. The molecule has 15 heteroatoms. The largest absolute Gasteiger partial charge is 0.454 e. The predicted octanol–water partition coefficient (Wildman–Crippen LogP) is 4.94. The fraction of sp³-hybridized carbons (Fsp3) is 0.375. The van der Waals surface area contributed by atoms with E-state index < -0.39 is 0 Å². The second-order valence-electron chi connectivity index (χ2n) is 15.5. The summed E-state index contributed by atoms with van der Waals surface area (Å²) < 4.78 is 8.69. The number of piperidine rings is 1. The molecule has 55 heavy (non-hydrogen) atoms. The molecule has 0 unspecified atom stereocenters. The Morgan fingerprint density at radius 3 is 2.47 bits per heavy atom. The van der Waals surface area contributed by atoms with E-state index in [-0.39, 0.29) is 40.9 Å². The number of benzene rings is 2. The highest BCUT2D eigenvalue weighted by atomic mass is 79.9. The van der Waals surface area contributed by atoms with Crippen LogP contribution in [0.15, 0.2) is 65.4 Å². The molecule has 4 fully saturated rings. The van der Waals surface area contributed by atoms with Gasteiger partial charge in [0.15, 0.2) is 11.4 Å².